The van der Waals surface area contributed by atoms with E-state index in [-0.39, 0.29) is 0 Å². The molecule has 0 N–H and O–H groups in total. The van der Waals surface area contributed by atoms with Gasteiger partial charge in [0.05, 0.1) is 7.11 Å². The Hall–Kier alpha value is -1.13. The molecule has 0 radical (unpaired) electrons. The summed E-state index contributed by atoms with van der Waals surface area (Å²) < 4.78 is 11.5. The van der Waals surface area contributed by atoms with E-state index in [1.54, 1.807) is 7.11 Å². The zero-order valence-electron chi connectivity index (χ0n) is 11.8. The molecule has 21 heavy (non-hydrogen) atoms. The van der Waals surface area contributed by atoms with Crippen LogP contribution in [0.15, 0.2) is 47.4 Å². The van der Waals surface area contributed by atoms with E-state index < -0.39 is 0 Å². The fourth-order valence-electron chi connectivity index (χ4n) is 2.51. The highest BCUT2D eigenvalue weighted by molar-refractivity contribution is 9.08. The molecule has 2 nitrogen and oxygen atoms in total. The molecular formula is C17H17BrO2S. The van der Waals surface area contributed by atoms with Crippen LogP contribution >= 0.6 is 27.7 Å². The van der Waals surface area contributed by atoms with Crippen molar-refractivity contribution in [1.29, 1.82) is 0 Å². The van der Waals surface area contributed by atoms with E-state index in [0.29, 0.717) is 11.9 Å². The minimum absolute atomic E-state index is 0.468. The van der Waals surface area contributed by atoms with Gasteiger partial charge in [-0.15, -0.1) is 11.8 Å². The number of rotatable bonds is 5. The van der Waals surface area contributed by atoms with Crippen molar-refractivity contribution in [2.45, 2.75) is 21.9 Å². The molecule has 0 spiro atoms. The Morgan fingerprint density at radius 2 is 2.05 bits per heavy atom. The Kier molecular flexibility index (Phi) is 4.76. The predicted octanol–water partition coefficient (Wildman–Crippen LogP) is 4.69. The van der Waals surface area contributed by atoms with E-state index in [4.69, 9.17) is 9.47 Å². The van der Waals surface area contributed by atoms with Crippen LogP contribution in [0.25, 0.3) is 0 Å². The lowest BCUT2D eigenvalue weighted by Crippen LogP contribution is -2.14. The van der Waals surface area contributed by atoms with Crippen molar-refractivity contribution in [2.24, 2.45) is 0 Å². The average molecular weight is 365 g/mol. The minimum atomic E-state index is 0.468. The van der Waals surface area contributed by atoms with E-state index in [9.17, 15) is 0 Å². The first kappa shape index (κ1) is 14.8. The zero-order chi connectivity index (χ0) is 14.7. The van der Waals surface area contributed by atoms with E-state index in [1.165, 1.54) is 10.5 Å². The molecule has 0 saturated heterocycles. The third kappa shape index (κ3) is 3.22. The molecule has 1 aliphatic heterocycles. The normalized spacial score (nSPS) is 16.6. The zero-order valence-corrected chi connectivity index (χ0v) is 14.2. The molecule has 1 heterocycles. The summed E-state index contributed by atoms with van der Waals surface area (Å²) in [6.07, 6.45) is 1.07. The molecule has 0 fully saturated rings. The van der Waals surface area contributed by atoms with Gasteiger partial charge >= 0.3 is 0 Å². The Bertz CT molecular complexity index is 583. The second kappa shape index (κ2) is 6.75. The van der Waals surface area contributed by atoms with Gasteiger partial charge in [0.2, 0.25) is 0 Å². The van der Waals surface area contributed by atoms with Gasteiger partial charge in [0.1, 0.15) is 6.61 Å². The quantitative estimate of drug-likeness (QED) is 0.717. The second-order valence-corrected chi connectivity index (χ2v) is 6.85. The van der Waals surface area contributed by atoms with Crippen molar-refractivity contribution < 1.29 is 9.47 Å². The summed E-state index contributed by atoms with van der Waals surface area (Å²) in [6, 6.07) is 14.6. The van der Waals surface area contributed by atoms with Gasteiger partial charge < -0.3 is 9.47 Å². The van der Waals surface area contributed by atoms with Gasteiger partial charge in [-0.3, -0.25) is 0 Å². The lowest BCUT2D eigenvalue weighted by Gasteiger charge is -2.16. The van der Waals surface area contributed by atoms with Gasteiger partial charge in [0.25, 0.3) is 0 Å². The first-order chi connectivity index (χ1) is 10.3. The molecular weight excluding hydrogens is 348 g/mol. The van der Waals surface area contributed by atoms with Crippen LogP contribution < -0.4 is 9.47 Å². The van der Waals surface area contributed by atoms with Crippen molar-refractivity contribution in [3.8, 4) is 11.5 Å². The number of thioether (sulfide) groups is 1. The summed E-state index contributed by atoms with van der Waals surface area (Å²) in [6.45, 7) is 0.694. The fraction of sp³-hybridized carbons (Fsp3) is 0.294. The highest BCUT2D eigenvalue weighted by atomic mass is 79.9. The molecule has 2 aromatic carbocycles. The Balaban J connectivity index is 1.69. The number of benzene rings is 2. The Labute approximate surface area is 138 Å². The van der Waals surface area contributed by atoms with Crippen LogP contribution in [0.4, 0.5) is 0 Å². The first-order valence-electron chi connectivity index (χ1n) is 6.91. The smallest absolute Gasteiger partial charge is 0.165 e. The van der Waals surface area contributed by atoms with Crippen molar-refractivity contribution in [3.05, 3.63) is 53.6 Å². The van der Waals surface area contributed by atoms with Gasteiger partial charge in [-0.05, 0) is 24.1 Å². The summed E-state index contributed by atoms with van der Waals surface area (Å²) in [5, 5.41) is 1.23. The number of methoxy groups -OCH3 is 1. The second-order valence-electron chi connectivity index (χ2n) is 4.94. The van der Waals surface area contributed by atoms with E-state index in [0.717, 1.165) is 28.8 Å². The lowest BCUT2D eigenvalue weighted by atomic mass is 10.1. The summed E-state index contributed by atoms with van der Waals surface area (Å²) in [4.78, 5) is 1.38. The van der Waals surface area contributed by atoms with Crippen molar-refractivity contribution in [1.82, 2.24) is 0 Å². The van der Waals surface area contributed by atoms with Gasteiger partial charge in [0.15, 0.2) is 11.5 Å². The van der Waals surface area contributed by atoms with Crippen LogP contribution in [0.3, 0.4) is 0 Å². The third-order valence-corrected chi connectivity index (χ3v) is 5.44. The fourth-order valence-corrected chi connectivity index (χ4v) is 4.17. The highest BCUT2D eigenvalue weighted by Gasteiger charge is 2.23. The molecule has 4 heteroatoms. The maximum atomic E-state index is 6.09. The van der Waals surface area contributed by atoms with Crippen LogP contribution in [0.1, 0.15) is 11.1 Å². The molecule has 0 bridgehead atoms. The lowest BCUT2D eigenvalue weighted by molar-refractivity contribution is 0.292. The summed E-state index contributed by atoms with van der Waals surface area (Å²) in [5.74, 6) is 1.65. The third-order valence-electron chi connectivity index (χ3n) is 3.55. The molecule has 0 aliphatic carbocycles. The van der Waals surface area contributed by atoms with Gasteiger partial charge in [0, 0.05) is 21.0 Å². The van der Waals surface area contributed by atoms with Gasteiger partial charge in [-0.25, -0.2) is 0 Å². The summed E-state index contributed by atoms with van der Waals surface area (Å²) in [7, 11) is 1.68. The number of para-hydroxylation sites is 1. The van der Waals surface area contributed by atoms with E-state index in [2.05, 4.69) is 46.3 Å². The number of hydrogen-bond acceptors (Lipinski definition) is 3. The highest BCUT2D eigenvalue weighted by Crippen LogP contribution is 2.38. The average Bonchev–Trinajstić information content (AvgIpc) is 2.95. The molecule has 110 valence electrons. The molecule has 0 amide bonds. The molecule has 1 atom stereocenters. The molecule has 2 aromatic rings. The molecule has 1 unspecified atom stereocenters. The predicted molar refractivity (Wildman–Crippen MR) is 90.9 cm³/mol. The van der Waals surface area contributed by atoms with Crippen LogP contribution in [0.2, 0.25) is 0 Å². The van der Waals surface area contributed by atoms with Crippen LogP contribution in [0, 0.1) is 0 Å². The largest absolute Gasteiger partial charge is 0.493 e. The molecule has 0 aromatic heterocycles. The Morgan fingerprint density at radius 3 is 2.81 bits per heavy atom. The van der Waals surface area contributed by atoms with Crippen molar-refractivity contribution in [2.75, 3.05) is 13.7 Å². The van der Waals surface area contributed by atoms with Gasteiger partial charge in [-0.1, -0.05) is 46.3 Å². The minimum Gasteiger partial charge on any atom is -0.493 e. The topological polar surface area (TPSA) is 18.5 Å². The standard InChI is InChI=1S/C17H17BrO2S/c1-19-15-7-4-6-13(10-18)17(15)20-11-14-9-12-5-2-3-8-16(12)21-14/h2-8,14H,9-11H2,1H3. The summed E-state index contributed by atoms with van der Waals surface area (Å²) >= 11 is 5.41. The van der Waals surface area contributed by atoms with E-state index in [1.807, 2.05) is 23.9 Å². The molecule has 3 rings (SSSR count). The number of alkyl halides is 1. The first-order valence-corrected chi connectivity index (χ1v) is 8.91. The molecule has 0 saturated carbocycles. The molecule has 1 aliphatic rings. The Morgan fingerprint density at radius 1 is 1.19 bits per heavy atom. The number of fused-ring (bicyclic) bond motifs is 1. The maximum absolute atomic E-state index is 6.09. The number of ether oxygens (including phenoxy) is 2. The number of hydrogen-bond donors (Lipinski definition) is 0. The maximum Gasteiger partial charge on any atom is 0.165 e. The van der Waals surface area contributed by atoms with Crippen LogP contribution in [-0.4, -0.2) is 19.0 Å². The summed E-state index contributed by atoms with van der Waals surface area (Å²) in [5.41, 5.74) is 2.55. The van der Waals surface area contributed by atoms with Gasteiger partial charge in [-0.2, -0.15) is 0 Å². The van der Waals surface area contributed by atoms with Crippen LogP contribution in [-0.2, 0) is 11.8 Å². The van der Waals surface area contributed by atoms with Crippen molar-refractivity contribution >= 4 is 27.7 Å². The van der Waals surface area contributed by atoms with E-state index >= 15 is 0 Å². The van der Waals surface area contributed by atoms with Crippen molar-refractivity contribution in [3.63, 3.8) is 0 Å². The number of halogens is 1. The monoisotopic (exact) mass is 364 g/mol. The SMILES string of the molecule is COc1cccc(CBr)c1OCC1Cc2ccccc2S1. The van der Waals surface area contributed by atoms with Crippen LogP contribution in [0.5, 0.6) is 11.5 Å².